The highest BCUT2D eigenvalue weighted by atomic mass is 35.5. The minimum Gasteiger partial charge on any atom is -0.437 e. The molecule has 2 unspecified atom stereocenters. The van der Waals surface area contributed by atoms with Gasteiger partial charge in [-0.25, -0.2) is 36.8 Å². The number of ether oxygens (including phenoxy) is 2. The van der Waals surface area contributed by atoms with Gasteiger partial charge >= 0.3 is 0 Å². The quantitative estimate of drug-likeness (QED) is 0.0727. The lowest BCUT2D eigenvalue weighted by Crippen LogP contribution is -2.19. The molecule has 0 bridgehead atoms. The summed E-state index contributed by atoms with van der Waals surface area (Å²) in [4.78, 5) is 41.8. The van der Waals surface area contributed by atoms with E-state index < -0.39 is 31.9 Å². The van der Waals surface area contributed by atoms with E-state index in [1.54, 1.807) is 97.6 Å². The predicted octanol–water partition coefficient (Wildman–Crippen LogP) is 12.4. The zero-order valence-corrected chi connectivity index (χ0v) is 44.7. The van der Waals surface area contributed by atoms with E-state index in [-0.39, 0.29) is 26.9 Å². The number of imidazole rings is 2. The van der Waals surface area contributed by atoms with Gasteiger partial charge in [0.1, 0.15) is 24.2 Å². The molecular formula is C57H46Cl2N10O7S2. The number of carbonyl (C=O) groups excluding carboxylic acids is 1. The molecule has 0 amide bonds. The Bertz CT molecular complexity index is 3800. The molecule has 0 aliphatic carbocycles. The van der Waals surface area contributed by atoms with Crippen molar-refractivity contribution in [2.24, 2.45) is 0 Å². The number of benzene rings is 6. The summed E-state index contributed by atoms with van der Waals surface area (Å²) < 4.78 is 74.8. The smallest absolute Gasteiger partial charge is 0.261 e. The summed E-state index contributed by atoms with van der Waals surface area (Å²) in [5.74, 6) is -0.480. The molecule has 2 N–H and O–H groups in total. The van der Waals surface area contributed by atoms with Crippen molar-refractivity contribution in [3.05, 3.63) is 215 Å². The molecule has 6 aromatic carbocycles. The third kappa shape index (κ3) is 11.9. The van der Waals surface area contributed by atoms with Gasteiger partial charge in [-0.1, -0.05) is 96.0 Å². The van der Waals surface area contributed by atoms with Gasteiger partial charge in [0.2, 0.25) is 0 Å². The van der Waals surface area contributed by atoms with E-state index in [4.69, 9.17) is 32.7 Å². The highest BCUT2D eigenvalue weighted by Gasteiger charge is 2.28. The number of nitrogens with one attached hydrogen (secondary N) is 2. The van der Waals surface area contributed by atoms with E-state index in [1.165, 1.54) is 61.2 Å². The molecule has 0 fully saturated rings. The maximum absolute atomic E-state index is 15.5. The van der Waals surface area contributed by atoms with Gasteiger partial charge in [-0.05, 0) is 133 Å². The molecule has 10 rings (SSSR count). The first-order chi connectivity index (χ1) is 37.7. The fourth-order valence-electron chi connectivity index (χ4n) is 8.37. The van der Waals surface area contributed by atoms with Crippen LogP contribution in [0.4, 0.5) is 11.4 Å². The number of aromatic nitrogens is 8. The van der Waals surface area contributed by atoms with Crippen LogP contribution in [0.5, 0.6) is 23.3 Å². The van der Waals surface area contributed by atoms with Crippen LogP contribution >= 0.6 is 23.2 Å². The van der Waals surface area contributed by atoms with Crippen molar-refractivity contribution in [1.82, 2.24) is 39.0 Å². The van der Waals surface area contributed by atoms with E-state index in [9.17, 15) is 16.8 Å². The van der Waals surface area contributed by atoms with Crippen molar-refractivity contribution in [1.29, 1.82) is 0 Å². The number of ketones is 1. The largest absolute Gasteiger partial charge is 0.437 e. The highest BCUT2D eigenvalue weighted by molar-refractivity contribution is 7.93. The molecule has 392 valence electrons. The summed E-state index contributed by atoms with van der Waals surface area (Å²) in [6.45, 7) is 5.34. The number of anilines is 2. The number of fused-ring (bicyclic) bond motifs is 2. The van der Waals surface area contributed by atoms with Gasteiger partial charge < -0.3 is 18.6 Å². The van der Waals surface area contributed by atoms with Crippen molar-refractivity contribution in [3.8, 4) is 23.3 Å². The standard InChI is InChI=1S/C57H46Cl2N10O7S2/c1-3-68-35-64-51-54(68)60-33-62-56(51)75-45-23-5-37(6-24-45)9-31-49(39-11-19-43(20-12-39)66-77(71,72)47-27-15-41(58)16-28-47)53(70)50(40-13-21-44(22-14-40)67-78(73,74)48-29-17-42(59)18-30-48)32-10-38-7-25-46(26-8-38)76-57-52-55(61-34-63-57)69(4-2)36-65-52/h5-36,49-50,66-67H,3-4H2,1-2H3/b31-9+,32-10+. The molecule has 21 heteroatoms. The molecule has 4 aromatic heterocycles. The Labute approximate surface area is 459 Å². The lowest BCUT2D eigenvalue weighted by atomic mass is 9.82. The summed E-state index contributed by atoms with van der Waals surface area (Å²) in [7, 11) is -7.98. The van der Waals surface area contributed by atoms with Crippen LogP contribution in [0.2, 0.25) is 10.0 Å². The molecule has 4 heterocycles. The molecule has 2 atom stereocenters. The van der Waals surface area contributed by atoms with E-state index in [0.717, 1.165) is 11.1 Å². The minimum atomic E-state index is -3.99. The van der Waals surface area contributed by atoms with Crippen molar-refractivity contribution < 1.29 is 31.1 Å². The number of sulfonamides is 2. The van der Waals surface area contributed by atoms with Gasteiger partial charge in [-0.3, -0.25) is 14.2 Å². The van der Waals surface area contributed by atoms with Crippen molar-refractivity contribution in [3.63, 3.8) is 0 Å². The zero-order chi connectivity index (χ0) is 54.4. The number of allylic oxidation sites excluding steroid dienone is 2. The van der Waals surface area contributed by atoms with Gasteiger partial charge in [0.25, 0.3) is 31.8 Å². The Hall–Kier alpha value is -8.75. The van der Waals surface area contributed by atoms with Crippen molar-refractivity contribution >= 4 is 94.9 Å². The second-order valence-corrected chi connectivity index (χ2v) is 21.8. The summed E-state index contributed by atoms with van der Waals surface area (Å²) >= 11 is 12.1. The van der Waals surface area contributed by atoms with E-state index in [0.29, 0.717) is 79.8 Å². The van der Waals surface area contributed by atoms with Gasteiger partial charge in [0, 0.05) is 34.5 Å². The highest BCUT2D eigenvalue weighted by Crippen LogP contribution is 2.34. The molecule has 17 nitrogen and oxygen atoms in total. The van der Waals surface area contributed by atoms with Crippen molar-refractivity contribution in [2.75, 3.05) is 9.44 Å². The first-order valence-corrected chi connectivity index (χ1v) is 28.0. The average molecular weight is 1120 g/mol. The Morgan fingerprint density at radius 3 is 1.24 bits per heavy atom. The van der Waals surface area contributed by atoms with Crippen LogP contribution in [-0.4, -0.2) is 61.7 Å². The number of carbonyl (C=O) groups is 1. The minimum absolute atomic E-state index is 0.0219. The number of hydrogen-bond donors (Lipinski definition) is 2. The third-order valence-electron chi connectivity index (χ3n) is 12.5. The molecule has 10 aromatic rings. The van der Waals surface area contributed by atoms with Crippen LogP contribution in [0.25, 0.3) is 34.5 Å². The zero-order valence-electron chi connectivity index (χ0n) is 41.6. The summed E-state index contributed by atoms with van der Waals surface area (Å²) in [5, 5.41) is 0.783. The Kier molecular flexibility index (Phi) is 15.4. The molecule has 0 radical (unpaired) electrons. The van der Waals surface area contributed by atoms with E-state index >= 15 is 4.79 Å². The summed E-state index contributed by atoms with van der Waals surface area (Å²) in [6, 6.07) is 39.2. The van der Waals surface area contributed by atoms with Crippen LogP contribution in [0.15, 0.2) is 193 Å². The van der Waals surface area contributed by atoms with Gasteiger partial charge in [-0.15, -0.1) is 0 Å². The maximum Gasteiger partial charge on any atom is 0.261 e. The Balaban J connectivity index is 0.977. The third-order valence-corrected chi connectivity index (χ3v) is 15.8. The van der Waals surface area contributed by atoms with Crippen LogP contribution in [0.3, 0.4) is 0 Å². The van der Waals surface area contributed by atoms with Gasteiger partial charge in [0.05, 0.1) is 34.3 Å². The molecule has 0 aliphatic heterocycles. The van der Waals surface area contributed by atoms with Gasteiger partial charge in [-0.2, -0.15) is 9.97 Å². The molecular weight excluding hydrogens is 1070 g/mol. The fraction of sp³-hybridized carbons (Fsp3) is 0.105. The average Bonchev–Trinajstić information content (AvgIpc) is 4.11. The normalized spacial score (nSPS) is 12.8. The second kappa shape index (κ2) is 22.8. The first-order valence-electron chi connectivity index (χ1n) is 24.3. The molecule has 0 aliphatic rings. The number of rotatable bonds is 20. The van der Waals surface area contributed by atoms with Crippen LogP contribution in [-0.2, 0) is 37.9 Å². The van der Waals surface area contributed by atoms with Crippen LogP contribution in [0.1, 0.15) is 47.9 Å². The topological polar surface area (TPSA) is 215 Å². The molecule has 0 spiro atoms. The number of nitrogens with zero attached hydrogens (tertiary/aromatic N) is 8. The molecule has 0 saturated heterocycles. The first kappa shape index (κ1) is 52.7. The lowest BCUT2D eigenvalue weighted by Gasteiger charge is -2.20. The van der Waals surface area contributed by atoms with E-state index in [1.807, 2.05) is 59.4 Å². The molecule has 78 heavy (non-hydrogen) atoms. The lowest BCUT2D eigenvalue weighted by molar-refractivity contribution is -0.120. The van der Waals surface area contributed by atoms with Gasteiger partial charge in [0.15, 0.2) is 28.1 Å². The summed E-state index contributed by atoms with van der Waals surface area (Å²) in [5.41, 5.74) is 5.47. The maximum atomic E-state index is 15.5. The summed E-state index contributed by atoms with van der Waals surface area (Å²) in [6.07, 6.45) is 13.4. The number of aryl methyl sites for hydroxylation is 2. The predicted molar refractivity (Wildman–Crippen MR) is 301 cm³/mol. The number of halogens is 2. The monoisotopic (exact) mass is 1120 g/mol. The number of Topliss-reactive ketones (excluding diaryl/α,β-unsaturated/α-hetero) is 1. The van der Waals surface area contributed by atoms with E-state index in [2.05, 4.69) is 39.3 Å². The van der Waals surface area contributed by atoms with Crippen molar-refractivity contribution in [2.45, 2.75) is 48.6 Å². The second-order valence-electron chi connectivity index (χ2n) is 17.5. The number of hydrogen-bond acceptors (Lipinski definition) is 13. The Morgan fingerprint density at radius 1 is 0.513 bits per heavy atom. The van der Waals surface area contributed by atoms with Crippen LogP contribution < -0.4 is 18.9 Å². The van der Waals surface area contributed by atoms with Crippen LogP contribution in [0, 0.1) is 0 Å². The fourth-order valence-corrected chi connectivity index (χ4v) is 10.7. The molecule has 0 saturated carbocycles. The SMILES string of the molecule is CCn1cnc2c(Oc3ccc(/C=C/C(C(=O)C(/C=C/c4ccc(Oc5ncnc6c5ncn6CC)cc4)c4ccc(NS(=O)(=O)c5ccc(Cl)cc5)cc4)c4ccc(NS(=O)(=O)c5ccc(Cl)cc5)cc4)cc3)ncnc21. The Morgan fingerprint density at radius 2 is 0.885 bits per heavy atom.